The maximum absolute atomic E-state index is 13.3. The number of halogens is 2. The van der Waals surface area contributed by atoms with Crippen molar-refractivity contribution in [2.75, 3.05) is 27.3 Å². The van der Waals surface area contributed by atoms with Crippen molar-refractivity contribution < 1.29 is 27.8 Å². The van der Waals surface area contributed by atoms with Crippen LogP contribution in [0.25, 0.3) is 0 Å². The van der Waals surface area contributed by atoms with Crippen LogP contribution in [0.3, 0.4) is 0 Å². The number of methoxy groups -OCH3 is 2. The quantitative estimate of drug-likeness (QED) is 0.798. The van der Waals surface area contributed by atoms with E-state index in [1.165, 1.54) is 20.3 Å². The summed E-state index contributed by atoms with van der Waals surface area (Å²) >= 11 is 0. The number of carbonyl (C=O) groups is 1. The molecule has 0 bridgehead atoms. The zero-order chi connectivity index (χ0) is 19.4. The van der Waals surface area contributed by atoms with Crippen LogP contribution in [0.2, 0.25) is 0 Å². The van der Waals surface area contributed by atoms with Gasteiger partial charge in [0.25, 0.3) is 5.91 Å². The van der Waals surface area contributed by atoms with E-state index in [4.69, 9.17) is 14.2 Å². The average Bonchev–Trinajstić information content (AvgIpc) is 2.70. The number of ether oxygens (including phenoxy) is 3. The molecule has 1 saturated heterocycles. The minimum Gasteiger partial charge on any atom is -0.493 e. The lowest BCUT2D eigenvalue weighted by molar-refractivity contribution is 0.0594. The number of benzene rings is 2. The minimum absolute atomic E-state index is 0.0952. The zero-order valence-corrected chi connectivity index (χ0v) is 15.2. The van der Waals surface area contributed by atoms with Gasteiger partial charge >= 0.3 is 0 Å². The second-order valence-electron chi connectivity index (χ2n) is 6.26. The average molecular weight is 377 g/mol. The van der Waals surface area contributed by atoms with E-state index >= 15 is 0 Å². The van der Waals surface area contributed by atoms with E-state index in [9.17, 15) is 13.6 Å². The predicted molar refractivity (Wildman–Crippen MR) is 95.5 cm³/mol. The van der Waals surface area contributed by atoms with Crippen LogP contribution >= 0.6 is 0 Å². The van der Waals surface area contributed by atoms with E-state index in [0.717, 1.165) is 12.1 Å². The SMILES string of the molecule is COc1ccc(C(=O)N2CCC(Oc3ccc(F)c(F)c3)CC2)cc1OC. The Morgan fingerprint density at radius 2 is 1.67 bits per heavy atom. The Kier molecular flexibility index (Phi) is 5.78. The molecule has 1 fully saturated rings. The van der Waals surface area contributed by atoms with Gasteiger partial charge in [0, 0.05) is 37.6 Å². The van der Waals surface area contributed by atoms with E-state index in [-0.39, 0.29) is 12.0 Å². The number of piperidine rings is 1. The molecule has 1 aliphatic heterocycles. The second-order valence-corrected chi connectivity index (χ2v) is 6.26. The summed E-state index contributed by atoms with van der Waals surface area (Å²) in [5.41, 5.74) is 0.521. The van der Waals surface area contributed by atoms with Gasteiger partial charge in [0.1, 0.15) is 11.9 Å². The molecule has 0 atom stereocenters. The smallest absolute Gasteiger partial charge is 0.253 e. The molecule has 0 spiro atoms. The number of rotatable bonds is 5. The Hall–Kier alpha value is -2.83. The fraction of sp³-hybridized carbons (Fsp3) is 0.350. The number of amides is 1. The molecule has 5 nitrogen and oxygen atoms in total. The Morgan fingerprint density at radius 1 is 0.963 bits per heavy atom. The molecular weight excluding hydrogens is 356 g/mol. The van der Waals surface area contributed by atoms with Crippen LogP contribution < -0.4 is 14.2 Å². The monoisotopic (exact) mass is 377 g/mol. The van der Waals surface area contributed by atoms with Crippen molar-refractivity contribution in [1.82, 2.24) is 4.90 Å². The maximum atomic E-state index is 13.3. The summed E-state index contributed by atoms with van der Waals surface area (Å²) in [6.45, 7) is 1.03. The number of nitrogens with zero attached hydrogens (tertiary/aromatic N) is 1. The van der Waals surface area contributed by atoms with Crippen molar-refractivity contribution in [3.05, 3.63) is 53.6 Å². The summed E-state index contributed by atoms with van der Waals surface area (Å²) in [6.07, 6.45) is 1.07. The number of hydrogen-bond donors (Lipinski definition) is 0. The molecule has 144 valence electrons. The van der Waals surface area contributed by atoms with E-state index in [0.29, 0.717) is 48.7 Å². The van der Waals surface area contributed by atoms with Gasteiger partial charge in [0.05, 0.1) is 14.2 Å². The normalized spacial score (nSPS) is 14.7. The molecule has 0 saturated carbocycles. The third-order valence-corrected chi connectivity index (χ3v) is 4.55. The van der Waals surface area contributed by atoms with Crippen molar-refractivity contribution in [3.8, 4) is 17.2 Å². The molecule has 0 unspecified atom stereocenters. The topological polar surface area (TPSA) is 48.0 Å². The van der Waals surface area contributed by atoms with Crippen LogP contribution in [0.4, 0.5) is 8.78 Å². The number of carbonyl (C=O) groups excluding carboxylic acids is 1. The molecule has 1 aliphatic rings. The molecule has 1 amide bonds. The first-order valence-electron chi connectivity index (χ1n) is 8.65. The number of likely N-dealkylation sites (tertiary alicyclic amines) is 1. The van der Waals surface area contributed by atoms with Gasteiger partial charge in [-0.15, -0.1) is 0 Å². The second kappa shape index (κ2) is 8.24. The lowest BCUT2D eigenvalue weighted by Crippen LogP contribution is -2.41. The third kappa shape index (κ3) is 4.30. The molecule has 2 aromatic rings. The molecule has 3 rings (SSSR count). The van der Waals surface area contributed by atoms with Crippen LogP contribution in [0.5, 0.6) is 17.2 Å². The highest BCUT2D eigenvalue weighted by molar-refractivity contribution is 5.95. The summed E-state index contributed by atoms with van der Waals surface area (Å²) in [5.74, 6) is -0.584. The largest absolute Gasteiger partial charge is 0.493 e. The van der Waals surface area contributed by atoms with Crippen LogP contribution in [-0.2, 0) is 0 Å². The van der Waals surface area contributed by atoms with Crippen LogP contribution in [-0.4, -0.2) is 44.2 Å². The molecule has 0 aliphatic carbocycles. The van der Waals surface area contributed by atoms with Crippen molar-refractivity contribution in [2.24, 2.45) is 0 Å². The summed E-state index contributed by atoms with van der Waals surface area (Å²) in [7, 11) is 3.06. The fourth-order valence-corrected chi connectivity index (χ4v) is 3.07. The summed E-state index contributed by atoms with van der Waals surface area (Å²) in [4.78, 5) is 14.5. The Morgan fingerprint density at radius 3 is 2.30 bits per heavy atom. The summed E-state index contributed by atoms with van der Waals surface area (Å²) < 4.78 is 42.4. The first-order valence-corrected chi connectivity index (χ1v) is 8.65. The summed E-state index contributed by atoms with van der Waals surface area (Å²) in [5, 5.41) is 0. The Bertz CT molecular complexity index is 820. The zero-order valence-electron chi connectivity index (χ0n) is 15.2. The van der Waals surface area contributed by atoms with E-state index in [1.54, 1.807) is 23.1 Å². The van der Waals surface area contributed by atoms with Gasteiger partial charge in [0.2, 0.25) is 0 Å². The highest BCUT2D eigenvalue weighted by atomic mass is 19.2. The first-order chi connectivity index (χ1) is 13.0. The van der Waals surface area contributed by atoms with Gasteiger partial charge in [-0.2, -0.15) is 0 Å². The molecule has 7 heteroatoms. The van der Waals surface area contributed by atoms with Crippen LogP contribution in [0.15, 0.2) is 36.4 Å². The fourth-order valence-electron chi connectivity index (χ4n) is 3.07. The highest BCUT2D eigenvalue weighted by Crippen LogP contribution is 2.29. The van der Waals surface area contributed by atoms with Crippen LogP contribution in [0, 0.1) is 11.6 Å². The van der Waals surface area contributed by atoms with Crippen molar-refractivity contribution >= 4 is 5.91 Å². The van der Waals surface area contributed by atoms with Gasteiger partial charge in [0.15, 0.2) is 23.1 Å². The number of hydrogen-bond acceptors (Lipinski definition) is 4. The Balaban J connectivity index is 1.60. The van der Waals surface area contributed by atoms with E-state index < -0.39 is 11.6 Å². The van der Waals surface area contributed by atoms with Crippen LogP contribution in [0.1, 0.15) is 23.2 Å². The van der Waals surface area contributed by atoms with Gasteiger partial charge < -0.3 is 19.1 Å². The van der Waals surface area contributed by atoms with E-state index in [2.05, 4.69) is 0 Å². The third-order valence-electron chi connectivity index (χ3n) is 4.55. The molecule has 0 radical (unpaired) electrons. The molecule has 27 heavy (non-hydrogen) atoms. The maximum Gasteiger partial charge on any atom is 0.253 e. The van der Waals surface area contributed by atoms with Crippen molar-refractivity contribution in [1.29, 1.82) is 0 Å². The van der Waals surface area contributed by atoms with Gasteiger partial charge in [-0.3, -0.25) is 4.79 Å². The predicted octanol–water partition coefficient (Wildman–Crippen LogP) is 3.67. The summed E-state index contributed by atoms with van der Waals surface area (Å²) in [6, 6.07) is 8.54. The molecule has 0 N–H and O–H groups in total. The molecular formula is C20H21F2NO4. The molecule has 1 heterocycles. The Labute approximate surface area is 156 Å². The van der Waals surface area contributed by atoms with Gasteiger partial charge in [-0.05, 0) is 30.3 Å². The van der Waals surface area contributed by atoms with Gasteiger partial charge in [-0.25, -0.2) is 8.78 Å². The minimum atomic E-state index is -0.937. The lowest BCUT2D eigenvalue weighted by Gasteiger charge is -2.32. The highest BCUT2D eigenvalue weighted by Gasteiger charge is 2.25. The standard InChI is InChI=1S/C20H21F2NO4/c1-25-18-6-3-13(11-19(18)26-2)20(24)23-9-7-14(8-10-23)27-15-4-5-16(21)17(22)12-15/h3-6,11-12,14H,7-10H2,1-2H3. The van der Waals surface area contributed by atoms with Gasteiger partial charge in [-0.1, -0.05) is 0 Å². The molecule has 0 aromatic heterocycles. The first kappa shape index (κ1) is 18.9. The van der Waals surface area contributed by atoms with E-state index in [1.807, 2.05) is 0 Å². The lowest BCUT2D eigenvalue weighted by atomic mass is 10.1. The molecule has 2 aromatic carbocycles. The van der Waals surface area contributed by atoms with Crippen molar-refractivity contribution in [2.45, 2.75) is 18.9 Å². The van der Waals surface area contributed by atoms with Crippen molar-refractivity contribution in [3.63, 3.8) is 0 Å².